The first-order valence-electron chi connectivity index (χ1n) is 6.99. The zero-order chi connectivity index (χ0) is 16.1. The quantitative estimate of drug-likeness (QED) is 0.866. The lowest BCUT2D eigenvalue weighted by Crippen LogP contribution is -2.91. The van der Waals surface area contributed by atoms with Gasteiger partial charge in [0, 0.05) is 16.3 Å². The molecule has 1 aliphatic heterocycles. The molecule has 1 heterocycles. The van der Waals surface area contributed by atoms with Crippen LogP contribution in [0.2, 0.25) is 5.02 Å². The molecule has 1 amide bonds. The molecule has 0 saturated heterocycles. The van der Waals surface area contributed by atoms with E-state index in [0.29, 0.717) is 10.7 Å². The molecule has 8 heteroatoms. The van der Waals surface area contributed by atoms with Crippen LogP contribution < -0.4 is 10.6 Å². The maximum atomic E-state index is 12.7. The summed E-state index contributed by atoms with van der Waals surface area (Å²) in [5.41, 5.74) is 1.51. The standard InChI is InChI=1S/C15H13ClN6O/c16-11-6-8-12(9-7-11)17-14(23)13(10-4-2-1-3-5-10)18-15-19-21-22-20-15/h1-9,13,15,18H,(H,17,23)/p+1/t13-/m0/s1. The second-order valence-corrected chi connectivity index (χ2v) is 5.34. The Labute approximate surface area is 137 Å². The number of nitrogens with one attached hydrogen (secondary N) is 1. The van der Waals surface area contributed by atoms with Crippen molar-refractivity contribution in [3.05, 3.63) is 65.2 Å². The van der Waals surface area contributed by atoms with E-state index in [4.69, 9.17) is 11.6 Å². The number of carbonyl (C=O) groups is 1. The maximum absolute atomic E-state index is 12.7. The van der Waals surface area contributed by atoms with Crippen LogP contribution in [0.25, 0.3) is 0 Å². The molecule has 1 atom stereocenters. The molecule has 2 aromatic carbocycles. The van der Waals surface area contributed by atoms with E-state index in [1.165, 1.54) is 0 Å². The lowest BCUT2D eigenvalue weighted by atomic mass is 10.1. The Morgan fingerprint density at radius 2 is 1.70 bits per heavy atom. The minimum Gasteiger partial charge on any atom is -0.321 e. The largest absolute Gasteiger partial charge is 0.321 e. The fraction of sp³-hybridized carbons (Fsp3) is 0.133. The van der Waals surface area contributed by atoms with Crippen LogP contribution in [0.3, 0.4) is 0 Å². The zero-order valence-electron chi connectivity index (χ0n) is 12.0. The molecule has 0 aromatic heterocycles. The Morgan fingerprint density at radius 1 is 1.04 bits per heavy atom. The van der Waals surface area contributed by atoms with Gasteiger partial charge in [0.1, 0.15) is 0 Å². The first-order valence-corrected chi connectivity index (χ1v) is 7.36. The van der Waals surface area contributed by atoms with E-state index in [-0.39, 0.29) is 5.91 Å². The molecule has 7 nitrogen and oxygen atoms in total. The van der Waals surface area contributed by atoms with E-state index in [2.05, 4.69) is 26.0 Å². The van der Waals surface area contributed by atoms with E-state index < -0.39 is 12.3 Å². The van der Waals surface area contributed by atoms with E-state index in [1.54, 1.807) is 29.6 Å². The molecule has 0 fully saturated rings. The summed E-state index contributed by atoms with van der Waals surface area (Å²) in [6.07, 6.45) is -0.545. The lowest BCUT2D eigenvalue weighted by molar-refractivity contribution is -0.713. The van der Waals surface area contributed by atoms with Gasteiger partial charge in [-0.1, -0.05) is 52.2 Å². The van der Waals surface area contributed by atoms with Gasteiger partial charge in [-0.15, -0.1) is 0 Å². The maximum Gasteiger partial charge on any atom is 0.318 e. The zero-order valence-corrected chi connectivity index (χ0v) is 12.8. The molecule has 0 aliphatic carbocycles. The monoisotopic (exact) mass is 329 g/mol. The highest BCUT2D eigenvalue weighted by molar-refractivity contribution is 6.30. The Morgan fingerprint density at radius 3 is 2.35 bits per heavy atom. The number of hydrogen-bond donors (Lipinski definition) is 2. The van der Waals surface area contributed by atoms with E-state index in [9.17, 15) is 4.79 Å². The molecular weight excluding hydrogens is 316 g/mol. The fourth-order valence-corrected chi connectivity index (χ4v) is 2.31. The van der Waals surface area contributed by atoms with Gasteiger partial charge in [0.05, 0.1) is 0 Å². The summed E-state index contributed by atoms with van der Waals surface area (Å²) in [4.78, 5) is 12.7. The molecule has 3 N–H and O–H groups in total. The first kappa shape index (κ1) is 15.3. The summed E-state index contributed by atoms with van der Waals surface area (Å²) in [5, 5.41) is 19.8. The van der Waals surface area contributed by atoms with Gasteiger partial charge in [-0.2, -0.15) is 0 Å². The van der Waals surface area contributed by atoms with Gasteiger partial charge in [0.25, 0.3) is 5.91 Å². The van der Waals surface area contributed by atoms with Crippen molar-refractivity contribution in [1.29, 1.82) is 0 Å². The highest BCUT2D eigenvalue weighted by Crippen LogP contribution is 2.16. The molecular formula is C15H14ClN6O+. The van der Waals surface area contributed by atoms with Gasteiger partial charge in [-0.25, -0.2) is 0 Å². The fourth-order valence-electron chi connectivity index (χ4n) is 2.19. The normalized spacial score (nSPS) is 14.8. The van der Waals surface area contributed by atoms with Crippen molar-refractivity contribution in [3.63, 3.8) is 0 Å². The number of benzene rings is 2. The second-order valence-electron chi connectivity index (χ2n) is 4.90. The summed E-state index contributed by atoms with van der Waals surface area (Å²) in [6.45, 7) is 0. The molecule has 0 saturated carbocycles. The van der Waals surface area contributed by atoms with Crippen LogP contribution in [0.4, 0.5) is 5.69 Å². The van der Waals surface area contributed by atoms with E-state index in [0.717, 1.165) is 5.56 Å². The number of amides is 1. The number of rotatable bonds is 5. The Bertz CT molecular complexity index is 719. The molecule has 0 bridgehead atoms. The summed E-state index contributed by atoms with van der Waals surface area (Å²) < 4.78 is 0. The number of quaternary nitrogens is 1. The number of hydrogen-bond acceptors (Lipinski definition) is 5. The third-order valence-electron chi connectivity index (χ3n) is 3.30. The van der Waals surface area contributed by atoms with Crippen molar-refractivity contribution < 1.29 is 10.1 Å². The van der Waals surface area contributed by atoms with Gasteiger partial charge in [0.2, 0.25) is 0 Å². The number of anilines is 1. The molecule has 23 heavy (non-hydrogen) atoms. The summed E-state index contributed by atoms with van der Waals surface area (Å²) in [6, 6.07) is 15.8. The average Bonchev–Trinajstić information content (AvgIpc) is 3.09. The molecule has 0 unspecified atom stereocenters. The predicted octanol–water partition coefficient (Wildman–Crippen LogP) is 2.70. The van der Waals surface area contributed by atoms with Crippen molar-refractivity contribution in [2.75, 3.05) is 5.32 Å². The van der Waals surface area contributed by atoms with Crippen molar-refractivity contribution in [2.24, 2.45) is 20.7 Å². The van der Waals surface area contributed by atoms with Crippen LogP contribution in [-0.4, -0.2) is 12.2 Å². The van der Waals surface area contributed by atoms with Gasteiger partial charge < -0.3 is 5.32 Å². The minimum absolute atomic E-state index is 0.184. The van der Waals surface area contributed by atoms with Gasteiger partial charge in [-0.05, 0) is 34.7 Å². The highest BCUT2D eigenvalue weighted by Gasteiger charge is 2.29. The van der Waals surface area contributed by atoms with Gasteiger partial charge in [0.15, 0.2) is 6.04 Å². The van der Waals surface area contributed by atoms with Crippen LogP contribution in [0, 0.1) is 0 Å². The van der Waals surface area contributed by atoms with Crippen LogP contribution in [0.15, 0.2) is 75.3 Å². The predicted molar refractivity (Wildman–Crippen MR) is 84.7 cm³/mol. The Hall–Kier alpha value is -2.64. The summed E-state index contributed by atoms with van der Waals surface area (Å²) >= 11 is 5.86. The van der Waals surface area contributed by atoms with E-state index in [1.807, 2.05) is 30.3 Å². The SMILES string of the molecule is O=C(Nc1ccc(Cl)cc1)[C@@H]([NH2+]C1N=NN=N1)c1ccccc1. The summed E-state index contributed by atoms with van der Waals surface area (Å²) in [7, 11) is 0. The molecule has 3 rings (SSSR count). The topological polar surface area (TPSA) is 95.2 Å². The minimum atomic E-state index is -0.545. The third kappa shape index (κ3) is 3.97. The molecule has 2 aromatic rings. The van der Waals surface area contributed by atoms with Crippen LogP contribution >= 0.6 is 11.6 Å². The third-order valence-corrected chi connectivity index (χ3v) is 3.55. The van der Waals surface area contributed by atoms with Crippen LogP contribution in [0.1, 0.15) is 11.6 Å². The highest BCUT2D eigenvalue weighted by atomic mass is 35.5. The molecule has 116 valence electrons. The number of halogens is 1. The Balaban J connectivity index is 1.79. The number of carbonyl (C=O) groups excluding carboxylic acids is 1. The van der Waals surface area contributed by atoms with Crippen molar-refractivity contribution in [1.82, 2.24) is 0 Å². The second kappa shape index (κ2) is 7.08. The van der Waals surface area contributed by atoms with E-state index >= 15 is 0 Å². The van der Waals surface area contributed by atoms with Crippen molar-refractivity contribution in [3.8, 4) is 0 Å². The van der Waals surface area contributed by atoms with Crippen molar-refractivity contribution >= 4 is 23.2 Å². The Kier molecular flexibility index (Phi) is 4.70. The first-order chi connectivity index (χ1) is 11.2. The number of nitrogens with zero attached hydrogens (tertiary/aromatic N) is 4. The molecule has 0 spiro atoms. The molecule has 0 radical (unpaired) electrons. The van der Waals surface area contributed by atoms with Crippen LogP contribution in [0.5, 0.6) is 0 Å². The van der Waals surface area contributed by atoms with Crippen molar-refractivity contribution in [2.45, 2.75) is 12.3 Å². The van der Waals surface area contributed by atoms with Gasteiger partial charge >= 0.3 is 6.29 Å². The van der Waals surface area contributed by atoms with Gasteiger partial charge in [-0.3, -0.25) is 10.1 Å². The van der Waals surface area contributed by atoms with Crippen LogP contribution in [-0.2, 0) is 4.79 Å². The smallest absolute Gasteiger partial charge is 0.318 e. The number of nitrogens with two attached hydrogens (primary N) is 1. The average molecular weight is 330 g/mol. The summed E-state index contributed by atoms with van der Waals surface area (Å²) in [5.74, 6) is -0.184. The lowest BCUT2D eigenvalue weighted by Gasteiger charge is -2.16. The molecule has 1 aliphatic rings.